The van der Waals surface area contributed by atoms with Crippen LogP contribution in [0.5, 0.6) is 0 Å². The van der Waals surface area contributed by atoms with E-state index in [2.05, 4.69) is 51.8 Å². The normalized spacial score (nSPS) is 10.4. The molecule has 2 nitrogen and oxygen atoms in total. The maximum Gasteiger partial charge on any atom is 0.330 e. The van der Waals surface area contributed by atoms with Gasteiger partial charge in [0.25, 0.3) is 0 Å². The lowest BCUT2D eigenvalue weighted by Gasteiger charge is -2.03. The number of alkyl halides is 2. The number of carbonyl (C=O) groups is 1. The molecule has 0 N–H and O–H groups in total. The van der Waals surface area contributed by atoms with Crippen LogP contribution in [0.2, 0.25) is 6.04 Å². The fourth-order valence-electron chi connectivity index (χ4n) is 1.20. The van der Waals surface area contributed by atoms with E-state index in [-0.39, 0.29) is 5.97 Å². The molecule has 0 aromatic carbocycles. The van der Waals surface area contributed by atoms with Crippen molar-refractivity contribution in [2.45, 2.75) is 39.7 Å². The minimum atomic E-state index is -0.309. The standard InChI is InChI=1S/C11H18I2O2Si/c1-2-10(14)15-8-6-4-3-5-7-9-16-11(12)13/h2,11H,1,3-9H2. The Kier molecular flexibility index (Phi) is 13.0. The van der Waals surface area contributed by atoms with Gasteiger partial charge in [-0.05, 0) is 6.42 Å². The van der Waals surface area contributed by atoms with Gasteiger partial charge in [-0.25, -0.2) is 4.79 Å². The van der Waals surface area contributed by atoms with Crippen molar-refractivity contribution in [3.8, 4) is 0 Å². The summed E-state index contributed by atoms with van der Waals surface area (Å²) in [7, 11) is 1.09. The van der Waals surface area contributed by atoms with E-state index in [1.165, 1.54) is 31.4 Å². The van der Waals surface area contributed by atoms with E-state index in [0.717, 1.165) is 23.9 Å². The molecule has 0 saturated carbocycles. The molecule has 0 saturated heterocycles. The third-order valence-electron chi connectivity index (χ3n) is 2.03. The summed E-state index contributed by atoms with van der Waals surface area (Å²) in [6, 6.07) is 1.36. The number of rotatable bonds is 10. The van der Waals surface area contributed by atoms with Crippen LogP contribution in [0.4, 0.5) is 0 Å². The van der Waals surface area contributed by atoms with Crippen LogP contribution >= 0.6 is 45.2 Å². The molecule has 0 aliphatic heterocycles. The highest BCUT2D eigenvalue weighted by atomic mass is 127. The van der Waals surface area contributed by atoms with Crippen LogP contribution in [0.25, 0.3) is 0 Å². The maximum absolute atomic E-state index is 10.7. The first-order valence-electron chi connectivity index (χ1n) is 5.47. The lowest BCUT2D eigenvalue weighted by molar-refractivity contribution is -0.137. The molecule has 16 heavy (non-hydrogen) atoms. The van der Waals surface area contributed by atoms with Crippen LogP contribution in [0.1, 0.15) is 32.1 Å². The molecule has 0 amide bonds. The Morgan fingerprint density at radius 3 is 2.50 bits per heavy atom. The molecule has 0 bridgehead atoms. The van der Waals surface area contributed by atoms with Gasteiger partial charge in [-0.15, -0.1) is 0 Å². The molecule has 0 rings (SSSR count). The molecule has 92 valence electrons. The van der Waals surface area contributed by atoms with Crippen molar-refractivity contribution in [3.05, 3.63) is 12.7 Å². The Morgan fingerprint density at radius 2 is 1.88 bits per heavy atom. The lowest BCUT2D eigenvalue weighted by Crippen LogP contribution is -2.01. The van der Waals surface area contributed by atoms with Gasteiger partial charge in [0.1, 0.15) is 0 Å². The minimum absolute atomic E-state index is 0.309. The lowest BCUT2D eigenvalue weighted by atomic mass is 10.2. The maximum atomic E-state index is 10.7. The molecule has 0 fully saturated rings. The number of carbonyl (C=O) groups excluding carboxylic acids is 1. The molecule has 0 aromatic heterocycles. The van der Waals surface area contributed by atoms with Gasteiger partial charge in [0.15, 0.2) is 0 Å². The zero-order chi connectivity index (χ0) is 12.2. The van der Waals surface area contributed by atoms with Crippen LogP contribution in [0, 0.1) is 0 Å². The fourth-order valence-corrected chi connectivity index (χ4v) is 3.74. The number of hydrogen-bond acceptors (Lipinski definition) is 2. The molecule has 0 aromatic rings. The van der Waals surface area contributed by atoms with E-state index in [1.54, 1.807) is 0 Å². The van der Waals surface area contributed by atoms with Gasteiger partial charge in [-0.3, -0.25) is 0 Å². The van der Waals surface area contributed by atoms with Gasteiger partial charge in [0, 0.05) is 6.08 Å². The average Bonchev–Trinajstić information content (AvgIpc) is 2.26. The van der Waals surface area contributed by atoms with Crippen LogP contribution in [0.3, 0.4) is 0 Å². The summed E-state index contributed by atoms with van der Waals surface area (Å²) in [6.07, 6.45) is 7.25. The Balaban J connectivity index is 3.04. The Hall–Kier alpha value is 0.887. The van der Waals surface area contributed by atoms with E-state index in [0.29, 0.717) is 6.61 Å². The van der Waals surface area contributed by atoms with Gasteiger partial charge in [-0.2, -0.15) is 0 Å². The molecule has 0 unspecified atom stereocenters. The summed E-state index contributed by atoms with van der Waals surface area (Å²) < 4.78 is 5.69. The first kappa shape index (κ1) is 16.9. The molecule has 0 atom stereocenters. The molecular weight excluding hydrogens is 446 g/mol. The van der Waals surface area contributed by atoms with Crippen molar-refractivity contribution in [1.29, 1.82) is 0 Å². The van der Waals surface area contributed by atoms with Crippen molar-refractivity contribution in [3.63, 3.8) is 0 Å². The summed E-state index contributed by atoms with van der Waals surface area (Å²) in [5.74, 6) is -0.309. The van der Waals surface area contributed by atoms with E-state index in [1.807, 2.05) is 0 Å². The summed E-state index contributed by atoms with van der Waals surface area (Å²) in [4.78, 5) is 10.7. The molecule has 0 aliphatic carbocycles. The summed E-state index contributed by atoms with van der Waals surface area (Å²) in [5.41, 5.74) is 0. The van der Waals surface area contributed by atoms with E-state index in [4.69, 9.17) is 4.74 Å². The third kappa shape index (κ3) is 13.0. The van der Waals surface area contributed by atoms with E-state index >= 15 is 0 Å². The molecule has 5 heteroatoms. The molecule has 0 spiro atoms. The number of esters is 1. The predicted octanol–water partition coefficient (Wildman–Crippen LogP) is 3.94. The predicted molar refractivity (Wildman–Crippen MR) is 86.6 cm³/mol. The van der Waals surface area contributed by atoms with Crippen molar-refractivity contribution in [1.82, 2.24) is 0 Å². The van der Waals surface area contributed by atoms with Gasteiger partial charge in [0.05, 0.1) is 17.7 Å². The van der Waals surface area contributed by atoms with Crippen LogP contribution in [-0.4, -0.2) is 23.7 Å². The molecule has 0 heterocycles. The quantitative estimate of drug-likeness (QED) is 0.122. The fraction of sp³-hybridized carbons (Fsp3) is 0.727. The highest BCUT2D eigenvalue weighted by Gasteiger charge is 1.99. The highest BCUT2D eigenvalue weighted by Crippen LogP contribution is 2.12. The number of halogens is 2. The van der Waals surface area contributed by atoms with Gasteiger partial charge in [0.2, 0.25) is 0 Å². The van der Waals surface area contributed by atoms with Crippen LogP contribution in [0.15, 0.2) is 12.7 Å². The first-order valence-corrected chi connectivity index (χ1v) is 9.25. The number of ether oxygens (including phenoxy) is 1. The smallest absolute Gasteiger partial charge is 0.330 e. The Morgan fingerprint density at radius 1 is 1.25 bits per heavy atom. The van der Waals surface area contributed by atoms with Gasteiger partial charge in [-0.1, -0.05) is 83.5 Å². The summed E-state index contributed by atoms with van der Waals surface area (Å²) >= 11 is 4.95. The summed E-state index contributed by atoms with van der Waals surface area (Å²) in [6.45, 7) is 3.89. The third-order valence-corrected chi connectivity index (χ3v) is 5.62. The molecule has 2 radical (unpaired) electrons. The minimum Gasteiger partial charge on any atom is -0.463 e. The van der Waals surface area contributed by atoms with Crippen molar-refractivity contribution in [2.75, 3.05) is 6.61 Å². The SMILES string of the molecule is C=CC(=O)OCCCCCCC[Si]C(I)I. The van der Waals surface area contributed by atoms with Crippen LogP contribution in [-0.2, 0) is 9.53 Å². The zero-order valence-electron chi connectivity index (χ0n) is 9.38. The van der Waals surface area contributed by atoms with E-state index < -0.39 is 0 Å². The van der Waals surface area contributed by atoms with Gasteiger partial charge < -0.3 is 4.74 Å². The van der Waals surface area contributed by atoms with Gasteiger partial charge >= 0.3 is 5.97 Å². The van der Waals surface area contributed by atoms with Crippen molar-refractivity contribution >= 4 is 60.7 Å². The topological polar surface area (TPSA) is 26.3 Å². The Bertz CT molecular complexity index is 198. The van der Waals surface area contributed by atoms with Crippen molar-refractivity contribution < 1.29 is 9.53 Å². The Labute approximate surface area is 128 Å². The monoisotopic (exact) mass is 464 g/mol. The van der Waals surface area contributed by atoms with Crippen molar-refractivity contribution in [2.24, 2.45) is 0 Å². The second-order valence-electron chi connectivity index (χ2n) is 3.39. The second-order valence-corrected chi connectivity index (χ2v) is 12.1. The largest absolute Gasteiger partial charge is 0.463 e. The number of hydrogen-bond donors (Lipinski definition) is 0. The zero-order valence-corrected chi connectivity index (χ0v) is 14.7. The van der Waals surface area contributed by atoms with E-state index in [9.17, 15) is 4.79 Å². The van der Waals surface area contributed by atoms with Crippen LogP contribution < -0.4 is 0 Å². The second kappa shape index (κ2) is 12.3. The first-order chi connectivity index (χ1) is 7.66. The highest BCUT2D eigenvalue weighted by molar-refractivity contribution is 14.2. The molecule has 0 aliphatic rings. The number of unbranched alkanes of at least 4 members (excludes halogenated alkanes) is 4. The molecular formula is C11H18I2O2Si. The average molecular weight is 464 g/mol. The summed E-state index contributed by atoms with van der Waals surface area (Å²) in [5, 5.41) is 0.